The molecule has 0 saturated carbocycles. The van der Waals surface area contributed by atoms with Crippen molar-refractivity contribution >= 4 is 22.8 Å². The van der Waals surface area contributed by atoms with Gasteiger partial charge < -0.3 is 14.6 Å². The molecule has 5 nitrogen and oxygen atoms in total. The van der Waals surface area contributed by atoms with Gasteiger partial charge in [-0.1, -0.05) is 24.3 Å². The summed E-state index contributed by atoms with van der Waals surface area (Å²) in [4.78, 5) is 25.7. The number of carbonyl (C=O) groups is 2. The normalized spacial score (nSPS) is 10.7. The second-order valence-corrected chi connectivity index (χ2v) is 6.61. The van der Waals surface area contributed by atoms with Gasteiger partial charge in [0, 0.05) is 37.2 Å². The van der Waals surface area contributed by atoms with Gasteiger partial charge in [0.1, 0.15) is 5.58 Å². The number of nitrogens with one attached hydrogen (secondary N) is 1. The first-order valence-electron chi connectivity index (χ1n) is 8.48. The van der Waals surface area contributed by atoms with Crippen molar-refractivity contribution in [2.45, 2.75) is 19.9 Å². The van der Waals surface area contributed by atoms with E-state index in [4.69, 9.17) is 4.42 Å². The molecule has 0 unspecified atom stereocenters. The second kappa shape index (κ2) is 7.44. The Balaban J connectivity index is 1.59. The van der Waals surface area contributed by atoms with E-state index in [0.29, 0.717) is 12.1 Å². The van der Waals surface area contributed by atoms with Crippen LogP contribution in [0.25, 0.3) is 11.0 Å². The molecule has 0 saturated heterocycles. The number of amides is 2. The number of carbonyl (C=O) groups excluding carboxylic acids is 2. The first-order chi connectivity index (χ1) is 12.4. The zero-order valence-electron chi connectivity index (χ0n) is 15.2. The first kappa shape index (κ1) is 17.7. The summed E-state index contributed by atoms with van der Waals surface area (Å²) in [6, 6.07) is 13.2. The summed E-state index contributed by atoms with van der Waals surface area (Å²) in [5.74, 6) is -0.107. The average Bonchev–Trinajstić information content (AvgIpc) is 3.01. The predicted molar refractivity (Wildman–Crippen MR) is 101 cm³/mol. The molecule has 3 aromatic rings. The van der Waals surface area contributed by atoms with Crippen LogP contribution in [0.4, 0.5) is 0 Å². The van der Waals surface area contributed by atoms with Crippen molar-refractivity contribution in [1.82, 2.24) is 10.2 Å². The van der Waals surface area contributed by atoms with Crippen molar-refractivity contribution in [3.8, 4) is 0 Å². The zero-order chi connectivity index (χ0) is 18.7. The van der Waals surface area contributed by atoms with E-state index in [-0.39, 0.29) is 18.2 Å². The number of fused-ring (bicyclic) bond motifs is 1. The van der Waals surface area contributed by atoms with Gasteiger partial charge in [0.05, 0.1) is 12.7 Å². The van der Waals surface area contributed by atoms with E-state index < -0.39 is 0 Å². The van der Waals surface area contributed by atoms with Crippen LogP contribution in [-0.2, 0) is 17.8 Å². The lowest BCUT2D eigenvalue weighted by atomic mass is 10.1. The van der Waals surface area contributed by atoms with E-state index >= 15 is 0 Å². The van der Waals surface area contributed by atoms with Crippen LogP contribution < -0.4 is 5.32 Å². The lowest BCUT2D eigenvalue weighted by molar-refractivity contribution is -0.120. The summed E-state index contributed by atoms with van der Waals surface area (Å²) in [6.45, 7) is 2.43. The number of aryl methyl sites for hydroxylation is 1. The van der Waals surface area contributed by atoms with Crippen molar-refractivity contribution < 1.29 is 14.0 Å². The Bertz CT molecular complexity index is 940. The van der Waals surface area contributed by atoms with E-state index in [1.54, 1.807) is 32.5 Å². The molecule has 1 heterocycles. The number of rotatable bonds is 5. The smallest absolute Gasteiger partial charge is 0.253 e. The lowest BCUT2D eigenvalue weighted by Crippen LogP contribution is -2.24. The van der Waals surface area contributed by atoms with Crippen LogP contribution in [-0.4, -0.2) is 30.8 Å². The fourth-order valence-electron chi connectivity index (χ4n) is 2.79. The molecule has 26 heavy (non-hydrogen) atoms. The number of furan rings is 1. The van der Waals surface area contributed by atoms with Crippen LogP contribution in [0.15, 0.2) is 53.1 Å². The Hall–Kier alpha value is -3.08. The van der Waals surface area contributed by atoms with Gasteiger partial charge in [-0.2, -0.15) is 0 Å². The summed E-state index contributed by atoms with van der Waals surface area (Å²) in [6.07, 6.45) is 1.92. The van der Waals surface area contributed by atoms with Crippen molar-refractivity contribution in [3.05, 3.63) is 71.0 Å². The zero-order valence-corrected chi connectivity index (χ0v) is 15.2. The van der Waals surface area contributed by atoms with E-state index in [1.165, 1.54) is 4.90 Å². The Morgan fingerprint density at radius 1 is 1.08 bits per heavy atom. The van der Waals surface area contributed by atoms with Crippen molar-refractivity contribution in [3.63, 3.8) is 0 Å². The molecule has 2 amide bonds. The molecule has 0 aliphatic carbocycles. The van der Waals surface area contributed by atoms with Crippen LogP contribution in [0.3, 0.4) is 0 Å². The Morgan fingerprint density at radius 3 is 2.50 bits per heavy atom. The van der Waals surface area contributed by atoms with E-state index in [0.717, 1.165) is 27.7 Å². The molecule has 1 N–H and O–H groups in total. The van der Waals surface area contributed by atoms with Gasteiger partial charge in [0.15, 0.2) is 0 Å². The van der Waals surface area contributed by atoms with Gasteiger partial charge >= 0.3 is 0 Å². The van der Waals surface area contributed by atoms with Crippen LogP contribution in [0, 0.1) is 6.92 Å². The highest BCUT2D eigenvalue weighted by Gasteiger charge is 2.11. The second-order valence-electron chi connectivity index (χ2n) is 6.61. The van der Waals surface area contributed by atoms with E-state index in [1.807, 2.05) is 37.3 Å². The van der Waals surface area contributed by atoms with Gasteiger partial charge in [-0.3, -0.25) is 9.59 Å². The Labute approximate surface area is 152 Å². The summed E-state index contributed by atoms with van der Waals surface area (Å²) < 4.78 is 5.53. The molecule has 0 aliphatic heterocycles. The maximum Gasteiger partial charge on any atom is 0.253 e. The minimum absolute atomic E-state index is 0.0392. The van der Waals surface area contributed by atoms with Gasteiger partial charge in [-0.15, -0.1) is 0 Å². The number of hydrogen-bond acceptors (Lipinski definition) is 3. The highest BCUT2D eigenvalue weighted by atomic mass is 16.3. The topological polar surface area (TPSA) is 62.6 Å². The van der Waals surface area contributed by atoms with Gasteiger partial charge in [-0.05, 0) is 36.2 Å². The van der Waals surface area contributed by atoms with Crippen LogP contribution >= 0.6 is 0 Å². The maximum absolute atomic E-state index is 12.2. The largest absolute Gasteiger partial charge is 0.464 e. The summed E-state index contributed by atoms with van der Waals surface area (Å²) in [7, 11) is 3.44. The van der Waals surface area contributed by atoms with Gasteiger partial charge in [0.25, 0.3) is 5.91 Å². The van der Waals surface area contributed by atoms with E-state index in [2.05, 4.69) is 5.32 Å². The average molecular weight is 350 g/mol. The lowest BCUT2D eigenvalue weighted by Gasteiger charge is -2.10. The molecule has 3 rings (SSSR count). The molecule has 0 atom stereocenters. The van der Waals surface area contributed by atoms with Gasteiger partial charge in [0.2, 0.25) is 5.91 Å². The third-order valence-electron chi connectivity index (χ3n) is 4.26. The highest BCUT2D eigenvalue weighted by Crippen LogP contribution is 2.22. The monoisotopic (exact) mass is 350 g/mol. The Morgan fingerprint density at radius 2 is 1.81 bits per heavy atom. The molecule has 0 fully saturated rings. The molecular weight excluding hydrogens is 328 g/mol. The minimum atomic E-state index is -0.0679. The first-order valence-corrected chi connectivity index (χ1v) is 8.48. The minimum Gasteiger partial charge on any atom is -0.464 e. The fourth-order valence-corrected chi connectivity index (χ4v) is 2.79. The molecule has 0 spiro atoms. The SMILES string of the molecule is Cc1ccc2c(CC(=O)NCc3ccc(C(=O)N(C)C)cc3)coc2c1. The quantitative estimate of drug-likeness (QED) is 0.768. The number of benzene rings is 2. The van der Waals surface area contributed by atoms with Crippen molar-refractivity contribution in [1.29, 1.82) is 0 Å². The molecule has 1 aromatic heterocycles. The molecular formula is C21H22N2O3. The molecule has 5 heteroatoms. The number of nitrogens with zero attached hydrogens (tertiary/aromatic N) is 1. The third-order valence-corrected chi connectivity index (χ3v) is 4.26. The van der Waals surface area contributed by atoms with Crippen LogP contribution in [0.5, 0.6) is 0 Å². The standard InChI is InChI=1S/C21H22N2O3/c1-14-4-9-18-17(13-26-19(18)10-14)11-20(24)22-12-15-5-7-16(8-6-15)21(25)23(2)3/h4-10,13H,11-12H2,1-3H3,(H,22,24). The Kier molecular flexibility index (Phi) is 5.07. The van der Waals surface area contributed by atoms with Crippen LogP contribution in [0.1, 0.15) is 27.0 Å². The molecule has 0 aliphatic rings. The maximum atomic E-state index is 12.2. The molecule has 0 bridgehead atoms. The van der Waals surface area contributed by atoms with Crippen molar-refractivity contribution in [2.24, 2.45) is 0 Å². The predicted octanol–water partition coefficient (Wildman–Crippen LogP) is 3.30. The van der Waals surface area contributed by atoms with Crippen molar-refractivity contribution in [2.75, 3.05) is 14.1 Å². The highest BCUT2D eigenvalue weighted by molar-refractivity contribution is 5.93. The van der Waals surface area contributed by atoms with Crippen LogP contribution in [0.2, 0.25) is 0 Å². The summed E-state index contributed by atoms with van der Waals surface area (Å²) in [5, 5.41) is 3.88. The molecule has 0 radical (unpaired) electrons. The van der Waals surface area contributed by atoms with E-state index in [9.17, 15) is 9.59 Å². The summed E-state index contributed by atoms with van der Waals surface area (Å²) >= 11 is 0. The third kappa shape index (κ3) is 3.94. The fraction of sp³-hybridized carbons (Fsp3) is 0.238. The number of hydrogen-bond donors (Lipinski definition) is 1. The van der Waals surface area contributed by atoms with Gasteiger partial charge in [-0.25, -0.2) is 0 Å². The molecule has 2 aromatic carbocycles. The summed E-state index contributed by atoms with van der Waals surface area (Å²) in [5.41, 5.74) is 4.38. The molecule has 134 valence electrons.